The maximum atomic E-state index is 13.7. The van der Waals surface area contributed by atoms with E-state index in [-0.39, 0.29) is 34.9 Å². The Bertz CT molecular complexity index is 734. The van der Waals surface area contributed by atoms with E-state index in [1.165, 1.54) is 26.2 Å². The van der Waals surface area contributed by atoms with E-state index in [1.807, 2.05) is 7.05 Å². The molecule has 1 aromatic rings. The van der Waals surface area contributed by atoms with Crippen LogP contribution in [0.4, 0.5) is 14.5 Å². The van der Waals surface area contributed by atoms with Gasteiger partial charge in [-0.3, -0.25) is 9.79 Å². The van der Waals surface area contributed by atoms with Gasteiger partial charge >= 0.3 is 0 Å². The lowest BCUT2D eigenvalue weighted by Crippen LogP contribution is -2.36. The Balaban J connectivity index is 1.64. The first kappa shape index (κ1) is 20.1. The Labute approximate surface area is 163 Å². The Morgan fingerprint density at radius 2 is 2.00 bits per heavy atom. The van der Waals surface area contributed by atoms with E-state index in [0.717, 1.165) is 30.1 Å². The average Bonchev–Trinajstić information content (AvgIpc) is 2.87. The molecule has 1 aliphatic heterocycles. The van der Waals surface area contributed by atoms with Crippen molar-refractivity contribution < 1.29 is 13.6 Å². The molecular formula is C20H27F2N3OS. The third-order valence-corrected chi connectivity index (χ3v) is 6.77. The van der Waals surface area contributed by atoms with Gasteiger partial charge in [-0.2, -0.15) is 0 Å². The molecule has 1 aromatic carbocycles. The Hall–Kier alpha value is -1.63. The van der Waals surface area contributed by atoms with Crippen molar-refractivity contribution in [1.82, 2.24) is 4.90 Å². The number of hydrogen-bond acceptors (Lipinski definition) is 3. The largest absolute Gasteiger partial charge is 0.350 e. The van der Waals surface area contributed by atoms with Gasteiger partial charge in [0.2, 0.25) is 5.91 Å². The molecule has 1 aliphatic carbocycles. The number of nitrogens with zero attached hydrogens (tertiary/aromatic N) is 2. The highest BCUT2D eigenvalue weighted by Gasteiger charge is 2.36. The first-order valence-electron chi connectivity index (χ1n) is 9.58. The Morgan fingerprint density at radius 3 is 2.70 bits per heavy atom. The van der Waals surface area contributed by atoms with Crippen LogP contribution in [0.25, 0.3) is 0 Å². The van der Waals surface area contributed by atoms with Gasteiger partial charge in [-0.05, 0) is 25.8 Å². The topological polar surface area (TPSA) is 44.7 Å². The second kappa shape index (κ2) is 8.59. The fraction of sp³-hybridized carbons (Fsp3) is 0.600. The summed E-state index contributed by atoms with van der Waals surface area (Å²) in [4.78, 5) is 19.5. The molecule has 27 heavy (non-hydrogen) atoms. The molecule has 0 aromatic heterocycles. The maximum Gasteiger partial charge on any atom is 0.226 e. The number of aliphatic imine (C=N–C) groups is 1. The van der Waals surface area contributed by atoms with Crippen LogP contribution in [0.3, 0.4) is 0 Å². The molecule has 1 saturated carbocycles. The van der Waals surface area contributed by atoms with Crippen molar-refractivity contribution in [2.24, 2.45) is 4.99 Å². The smallest absolute Gasteiger partial charge is 0.226 e. The lowest BCUT2D eigenvalue weighted by Gasteiger charge is -2.24. The predicted molar refractivity (Wildman–Crippen MR) is 107 cm³/mol. The lowest BCUT2D eigenvalue weighted by atomic mass is 9.96. The molecule has 4 nitrogen and oxygen atoms in total. The van der Waals surface area contributed by atoms with Crippen LogP contribution >= 0.6 is 11.8 Å². The summed E-state index contributed by atoms with van der Waals surface area (Å²) in [6.07, 6.45) is 6.31. The van der Waals surface area contributed by atoms with Crippen molar-refractivity contribution in [2.45, 2.75) is 69.7 Å². The molecule has 2 atom stereocenters. The quantitative estimate of drug-likeness (QED) is 0.802. The van der Waals surface area contributed by atoms with Crippen molar-refractivity contribution in [1.29, 1.82) is 0 Å². The minimum Gasteiger partial charge on any atom is -0.350 e. The third-order valence-electron chi connectivity index (χ3n) is 5.48. The van der Waals surface area contributed by atoms with Crippen molar-refractivity contribution >= 4 is 28.5 Å². The van der Waals surface area contributed by atoms with Crippen molar-refractivity contribution in [2.75, 3.05) is 12.4 Å². The minimum absolute atomic E-state index is 0.0102. The van der Waals surface area contributed by atoms with Gasteiger partial charge in [0.05, 0.1) is 12.1 Å². The van der Waals surface area contributed by atoms with Crippen molar-refractivity contribution in [3.05, 3.63) is 29.3 Å². The summed E-state index contributed by atoms with van der Waals surface area (Å²) in [5.74, 6) is -1.60. The number of anilines is 1. The van der Waals surface area contributed by atoms with Crippen LogP contribution in [0.15, 0.2) is 17.1 Å². The van der Waals surface area contributed by atoms with Crippen LogP contribution in [0.1, 0.15) is 51.0 Å². The fourth-order valence-electron chi connectivity index (χ4n) is 3.74. The van der Waals surface area contributed by atoms with Crippen LogP contribution in [-0.2, 0) is 4.79 Å². The number of carbonyl (C=O) groups is 1. The number of amides is 1. The summed E-state index contributed by atoms with van der Waals surface area (Å²) >= 11 is 1.71. The van der Waals surface area contributed by atoms with Crippen molar-refractivity contribution in [3.8, 4) is 0 Å². The number of rotatable bonds is 4. The number of halogens is 2. The summed E-state index contributed by atoms with van der Waals surface area (Å²) in [6.45, 7) is 3.62. The number of amidine groups is 1. The van der Waals surface area contributed by atoms with E-state index < -0.39 is 11.6 Å². The molecular weight excluding hydrogens is 368 g/mol. The number of nitrogens with one attached hydrogen (secondary N) is 1. The molecule has 2 fully saturated rings. The Morgan fingerprint density at radius 1 is 1.30 bits per heavy atom. The summed E-state index contributed by atoms with van der Waals surface area (Å²) in [5.41, 5.74) is 0.432. The first-order valence-corrected chi connectivity index (χ1v) is 10.5. The first-order chi connectivity index (χ1) is 12.8. The second-order valence-electron chi connectivity index (χ2n) is 7.52. The number of hydrogen-bond donors (Lipinski definition) is 1. The van der Waals surface area contributed by atoms with Gasteiger partial charge in [-0.25, -0.2) is 8.78 Å². The van der Waals surface area contributed by atoms with Gasteiger partial charge in [0, 0.05) is 36.0 Å². The molecule has 1 heterocycles. The lowest BCUT2D eigenvalue weighted by molar-refractivity contribution is -0.117. The number of benzene rings is 1. The van der Waals surface area contributed by atoms with E-state index in [2.05, 4.69) is 17.1 Å². The third kappa shape index (κ3) is 4.81. The minimum atomic E-state index is -0.697. The SMILES string of the molecule is Cc1c(F)cc(F)cc1NC(=O)CC1C(C)SC(=NC2CCCCC2)N1C. The zero-order valence-electron chi connectivity index (χ0n) is 16.1. The van der Waals surface area contributed by atoms with E-state index >= 15 is 0 Å². The monoisotopic (exact) mass is 395 g/mol. The zero-order valence-corrected chi connectivity index (χ0v) is 16.9. The maximum absolute atomic E-state index is 13.7. The fourth-order valence-corrected chi connectivity index (χ4v) is 5.02. The highest BCUT2D eigenvalue weighted by atomic mass is 32.2. The van der Waals surface area contributed by atoms with Gasteiger partial charge in [0.1, 0.15) is 11.6 Å². The van der Waals surface area contributed by atoms with Crippen LogP contribution < -0.4 is 5.32 Å². The summed E-state index contributed by atoms with van der Waals surface area (Å²) < 4.78 is 27.1. The van der Waals surface area contributed by atoms with Gasteiger partial charge in [-0.1, -0.05) is 37.9 Å². The van der Waals surface area contributed by atoms with E-state index in [0.29, 0.717) is 6.04 Å². The zero-order chi connectivity index (χ0) is 19.6. The van der Waals surface area contributed by atoms with E-state index in [1.54, 1.807) is 11.8 Å². The Kier molecular flexibility index (Phi) is 6.40. The highest BCUT2D eigenvalue weighted by molar-refractivity contribution is 8.14. The molecule has 148 valence electrons. The summed E-state index contributed by atoms with van der Waals surface area (Å²) in [5, 5.41) is 3.89. The highest BCUT2D eigenvalue weighted by Crippen LogP contribution is 2.34. The van der Waals surface area contributed by atoms with Crippen LogP contribution in [0, 0.1) is 18.6 Å². The molecule has 0 spiro atoms. The number of thioether (sulfide) groups is 1. The predicted octanol–water partition coefficient (Wildman–Crippen LogP) is 4.73. The van der Waals surface area contributed by atoms with Gasteiger partial charge in [0.15, 0.2) is 5.17 Å². The summed E-state index contributed by atoms with van der Waals surface area (Å²) in [6, 6.07) is 2.38. The average molecular weight is 396 g/mol. The van der Waals surface area contributed by atoms with Crippen LogP contribution in [-0.4, -0.2) is 40.4 Å². The number of carbonyl (C=O) groups excluding carboxylic acids is 1. The summed E-state index contributed by atoms with van der Waals surface area (Å²) in [7, 11) is 1.98. The van der Waals surface area contributed by atoms with Crippen molar-refractivity contribution in [3.63, 3.8) is 0 Å². The molecule has 1 saturated heterocycles. The molecule has 2 aliphatic rings. The van der Waals surface area contributed by atoms with Gasteiger partial charge in [0.25, 0.3) is 0 Å². The standard InChI is InChI=1S/C20H27F2N3OS/c1-12-16(22)9-14(21)10-17(12)24-19(26)11-18-13(2)27-20(25(18)3)23-15-7-5-4-6-8-15/h9-10,13,15,18H,4-8,11H2,1-3H3,(H,24,26). The van der Waals surface area contributed by atoms with E-state index in [4.69, 9.17) is 4.99 Å². The molecule has 2 unspecified atom stereocenters. The van der Waals surface area contributed by atoms with Crippen LogP contribution in [0.5, 0.6) is 0 Å². The van der Waals surface area contributed by atoms with Gasteiger partial charge < -0.3 is 10.2 Å². The van der Waals surface area contributed by atoms with Crippen LogP contribution in [0.2, 0.25) is 0 Å². The second-order valence-corrected chi connectivity index (χ2v) is 8.86. The molecule has 0 bridgehead atoms. The van der Waals surface area contributed by atoms with Gasteiger partial charge in [-0.15, -0.1) is 0 Å². The molecule has 7 heteroatoms. The normalized spacial score (nSPS) is 25.2. The van der Waals surface area contributed by atoms with E-state index in [9.17, 15) is 13.6 Å². The molecule has 1 amide bonds. The molecule has 0 radical (unpaired) electrons. The molecule has 1 N–H and O–H groups in total. The molecule has 3 rings (SSSR count).